The molecule has 5 nitrogen and oxygen atoms in total. The summed E-state index contributed by atoms with van der Waals surface area (Å²) in [6, 6.07) is -0.595. The molecule has 3 N–H and O–H groups in total. The van der Waals surface area contributed by atoms with Crippen molar-refractivity contribution in [2.24, 2.45) is 5.92 Å². The Labute approximate surface area is 108 Å². The Morgan fingerprint density at radius 2 is 2.06 bits per heavy atom. The van der Waals surface area contributed by atoms with E-state index in [2.05, 4.69) is 23.3 Å². The Morgan fingerprint density at radius 3 is 2.47 bits per heavy atom. The molecule has 17 heavy (non-hydrogen) atoms. The Hall–Kier alpha value is -0.750. The van der Waals surface area contributed by atoms with Crippen LogP contribution >= 0.6 is 12.6 Å². The Bertz CT molecular complexity index is 249. The number of nitrogens with one attached hydrogen (secondary N) is 2. The van der Waals surface area contributed by atoms with Crippen LogP contribution in [0.4, 0.5) is 0 Å². The van der Waals surface area contributed by atoms with Crippen LogP contribution in [0, 0.1) is 5.92 Å². The number of thiol groups is 1. The summed E-state index contributed by atoms with van der Waals surface area (Å²) in [6.45, 7) is 4.01. The second kappa shape index (κ2) is 9.30. The molecule has 2 unspecified atom stereocenters. The van der Waals surface area contributed by atoms with Crippen LogP contribution in [0.3, 0.4) is 0 Å². The second-order valence-corrected chi connectivity index (χ2v) is 4.33. The molecule has 0 aromatic rings. The summed E-state index contributed by atoms with van der Waals surface area (Å²) in [6.07, 6.45) is 1.56. The molecule has 0 saturated heterocycles. The second-order valence-electron chi connectivity index (χ2n) is 3.97. The fraction of sp³-hybridized carbons (Fsp3) is 0.818. The summed E-state index contributed by atoms with van der Waals surface area (Å²) in [7, 11) is 0. The van der Waals surface area contributed by atoms with Gasteiger partial charge in [-0.2, -0.15) is 12.6 Å². The van der Waals surface area contributed by atoms with Gasteiger partial charge in [-0.3, -0.25) is 9.59 Å². The van der Waals surface area contributed by atoms with Crippen LogP contribution in [0.5, 0.6) is 0 Å². The van der Waals surface area contributed by atoms with Crippen LogP contribution in [-0.2, 0) is 9.59 Å². The van der Waals surface area contributed by atoms with E-state index in [-0.39, 0.29) is 30.1 Å². The van der Waals surface area contributed by atoms with E-state index in [1.54, 1.807) is 0 Å². The molecule has 0 rings (SSSR count). The van der Waals surface area contributed by atoms with Crippen molar-refractivity contribution in [2.45, 2.75) is 32.7 Å². The first-order valence-corrected chi connectivity index (χ1v) is 6.44. The standard InChI is InChI=1S/C11H22N2O3S/c1-3-9(4-5-14)6-12-11(16)10(7-17)13-8(2)15/h9-10,14,17H,3-7H2,1-2H3,(H,12,16)(H,13,15). The third kappa shape index (κ3) is 7.23. The first kappa shape index (κ1) is 16.2. The van der Waals surface area contributed by atoms with Gasteiger partial charge in [0.1, 0.15) is 6.04 Å². The lowest BCUT2D eigenvalue weighted by atomic mass is 10.0. The van der Waals surface area contributed by atoms with Gasteiger partial charge >= 0.3 is 0 Å². The van der Waals surface area contributed by atoms with Crippen molar-refractivity contribution in [1.29, 1.82) is 0 Å². The molecule has 0 heterocycles. The van der Waals surface area contributed by atoms with Crippen molar-refractivity contribution in [3.05, 3.63) is 0 Å². The molecular weight excluding hydrogens is 240 g/mol. The van der Waals surface area contributed by atoms with E-state index < -0.39 is 6.04 Å². The third-order valence-corrected chi connectivity index (χ3v) is 2.92. The van der Waals surface area contributed by atoms with Gasteiger partial charge in [-0.15, -0.1) is 0 Å². The summed E-state index contributed by atoms with van der Waals surface area (Å²) in [5.74, 6) is 0.0531. The van der Waals surface area contributed by atoms with Crippen molar-refractivity contribution in [3.8, 4) is 0 Å². The largest absolute Gasteiger partial charge is 0.396 e. The number of hydrogen-bond acceptors (Lipinski definition) is 4. The lowest BCUT2D eigenvalue weighted by molar-refractivity contribution is -0.127. The van der Waals surface area contributed by atoms with E-state index in [4.69, 9.17) is 5.11 Å². The quantitative estimate of drug-likeness (QED) is 0.463. The highest BCUT2D eigenvalue weighted by molar-refractivity contribution is 7.80. The number of rotatable bonds is 8. The van der Waals surface area contributed by atoms with Crippen molar-refractivity contribution in [1.82, 2.24) is 10.6 Å². The predicted octanol–water partition coefficient (Wildman–Crippen LogP) is -0.0543. The van der Waals surface area contributed by atoms with E-state index in [0.717, 1.165) is 6.42 Å². The topological polar surface area (TPSA) is 78.4 Å². The lowest BCUT2D eigenvalue weighted by Crippen LogP contribution is -2.48. The van der Waals surface area contributed by atoms with Crippen molar-refractivity contribution >= 4 is 24.4 Å². The van der Waals surface area contributed by atoms with Crippen LogP contribution in [0.15, 0.2) is 0 Å². The Kier molecular flexibility index (Phi) is 8.89. The molecule has 0 aliphatic carbocycles. The minimum Gasteiger partial charge on any atom is -0.396 e. The summed E-state index contributed by atoms with van der Waals surface area (Å²) >= 11 is 4.02. The maximum Gasteiger partial charge on any atom is 0.243 e. The molecule has 0 spiro atoms. The average Bonchev–Trinajstić information content (AvgIpc) is 2.30. The molecule has 6 heteroatoms. The fourth-order valence-electron chi connectivity index (χ4n) is 1.44. The van der Waals surface area contributed by atoms with Gasteiger partial charge in [-0.25, -0.2) is 0 Å². The first-order chi connectivity index (χ1) is 8.04. The molecule has 0 aliphatic rings. The first-order valence-electron chi connectivity index (χ1n) is 5.81. The highest BCUT2D eigenvalue weighted by Crippen LogP contribution is 2.05. The molecule has 2 amide bonds. The maximum absolute atomic E-state index is 11.7. The number of aliphatic hydroxyl groups is 1. The smallest absolute Gasteiger partial charge is 0.243 e. The highest BCUT2D eigenvalue weighted by Gasteiger charge is 2.18. The van der Waals surface area contributed by atoms with Crippen LogP contribution in [0.2, 0.25) is 0 Å². The molecule has 2 atom stereocenters. The van der Waals surface area contributed by atoms with Gasteiger partial charge in [0.2, 0.25) is 11.8 Å². The van der Waals surface area contributed by atoms with Gasteiger partial charge in [-0.1, -0.05) is 13.3 Å². The minimum absolute atomic E-state index is 0.121. The Balaban J connectivity index is 4.08. The minimum atomic E-state index is -0.595. The van der Waals surface area contributed by atoms with Crippen molar-refractivity contribution < 1.29 is 14.7 Å². The number of hydrogen-bond donors (Lipinski definition) is 4. The van der Waals surface area contributed by atoms with Crippen molar-refractivity contribution in [2.75, 3.05) is 18.9 Å². The molecule has 0 saturated carbocycles. The maximum atomic E-state index is 11.7. The van der Waals surface area contributed by atoms with E-state index in [0.29, 0.717) is 13.0 Å². The fourth-order valence-corrected chi connectivity index (χ4v) is 1.70. The number of aliphatic hydroxyl groups excluding tert-OH is 1. The van der Waals surface area contributed by atoms with Gasteiger partial charge in [0.25, 0.3) is 0 Å². The molecule has 0 radical (unpaired) electrons. The SMILES string of the molecule is CCC(CCO)CNC(=O)C(CS)NC(C)=O. The number of carbonyl (C=O) groups is 2. The van der Waals surface area contributed by atoms with Gasteiger partial charge in [0.05, 0.1) is 0 Å². The summed E-state index contributed by atoms with van der Waals surface area (Å²) in [5, 5.41) is 14.1. The normalized spacial score (nSPS) is 13.9. The van der Waals surface area contributed by atoms with Crippen LogP contribution in [0.25, 0.3) is 0 Å². The van der Waals surface area contributed by atoms with E-state index >= 15 is 0 Å². The monoisotopic (exact) mass is 262 g/mol. The third-order valence-electron chi connectivity index (χ3n) is 2.56. The predicted molar refractivity (Wildman–Crippen MR) is 70.0 cm³/mol. The lowest BCUT2D eigenvalue weighted by Gasteiger charge is -2.18. The molecular formula is C11H22N2O3S. The molecule has 0 bridgehead atoms. The number of amides is 2. The van der Waals surface area contributed by atoms with Gasteiger partial charge < -0.3 is 15.7 Å². The zero-order chi connectivity index (χ0) is 13.3. The van der Waals surface area contributed by atoms with E-state index in [9.17, 15) is 9.59 Å². The summed E-state index contributed by atoms with van der Waals surface area (Å²) in [4.78, 5) is 22.6. The Morgan fingerprint density at radius 1 is 1.41 bits per heavy atom. The van der Waals surface area contributed by atoms with E-state index in [1.165, 1.54) is 6.92 Å². The van der Waals surface area contributed by atoms with Crippen LogP contribution in [-0.4, -0.2) is 41.9 Å². The molecule has 0 aromatic heterocycles. The molecule has 0 fully saturated rings. The summed E-state index contributed by atoms with van der Waals surface area (Å²) < 4.78 is 0. The van der Waals surface area contributed by atoms with Crippen LogP contribution in [0.1, 0.15) is 26.7 Å². The van der Waals surface area contributed by atoms with Crippen molar-refractivity contribution in [3.63, 3.8) is 0 Å². The van der Waals surface area contributed by atoms with Gasteiger partial charge in [-0.05, 0) is 12.3 Å². The molecule has 0 aromatic carbocycles. The average molecular weight is 262 g/mol. The summed E-state index contributed by atoms with van der Waals surface area (Å²) in [5.41, 5.74) is 0. The highest BCUT2D eigenvalue weighted by atomic mass is 32.1. The number of carbonyl (C=O) groups excluding carboxylic acids is 2. The van der Waals surface area contributed by atoms with Gasteiger partial charge in [0, 0.05) is 25.8 Å². The zero-order valence-corrected chi connectivity index (χ0v) is 11.3. The zero-order valence-electron chi connectivity index (χ0n) is 10.4. The van der Waals surface area contributed by atoms with E-state index in [1.807, 2.05) is 6.92 Å². The molecule has 100 valence electrons. The molecule has 0 aliphatic heterocycles. The van der Waals surface area contributed by atoms with Gasteiger partial charge in [0.15, 0.2) is 0 Å². The van der Waals surface area contributed by atoms with Crippen LogP contribution < -0.4 is 10.6 Å².